The van der Waals surface area contributed by atoms with Crippen molar-refractivity contribution in [1.29, 1.82) is 0 Å². The van der Waals surface area contributed by atoms with Gasteiger partial charge in [-0.05, 0) is 18.6 Å². The molecule has 1 aromatic heterocycles. The molecule has 144 valence electrons. The van der Waals surface area contributed by atoms with E-state index in [0.717, 1.165) is 57.9 Å². The maximum absolute atomic E-state index is 12.9. The van der Waals surface area contributed by atoms with Crippen molar-refractivity contribution in [2.45, 2.75) is 13.3 Å². The SMILES string of the molecule is CCCOCCN1CCN(C(=O)c2cccc(-c3cc(N)ncn3)c2)CC1. The van der Waals surface area contributed by atoms with E-state index in [1.54, 1.807) is 6.07 Å². The third-order valence-electron chi connectivity index (χ3n) is 4.65. The number of rotatable bonds is 7. The Morgan fingerprint density at radius 2 is 1.96 bits per heavy atom. The molecule has 7 heteroatoms. The number of hydrogen-bond donors (Lipinski definition) is 1. The third kappa shape index (κ3) is 5.24. The van der Waals surface area contributed by atoms with E-state index in [0.29, 0.717) is 17.1 Å². The second kappa shape index (κ2) is 9.43. The Bertz CT molecular complexity index is 760. The van der Waals surface area contributed by atoms with Gasteiger partial charge in [0.05, 0.1) is 12.3 Å². The minimum absolute atomic E-state index is 0.0563. The number of nitrogens with zero attached hydrogens (tertiary/aromatic N) is 4. The van der Waals surface area contributed by atoms with Gasteiger partial charge in [-0.25, -0.2) is 9.97 Å². The van der Waals surface area contributed by atoms with Gasteiger partial charge in [0.2, 0.25) is 0 Å². The Morgan fingerprint density at radius 3 is 2.70 bits per heavy atom. The molecule has 0 saturated carbocycles. The van der Waals surface area contributed by atoms with Gasteiger partial charge in [-0.2, -0.15) is 0 Å². The van der Waals surface area contributed by atoms with Crippen molar-refractivity contribution in [3.63, 3.8) is 0 Å². The molecule has 1 aliphatic rings. The van der Waals surface area contributed by atoms with Gasteiger partial charge < -0.3 is 15.4 Å². The number of carbonyl (C=O) groups excluding carboxylic acids is 1. The lowest BCUT2D eigenvalue weighted by Crippen LogP contribution is -2.49. The van der Waals surface area contributed by atoms with Crippen molar-refractivity contribution in [2.24, 2.45) is 0 Å². The minimum Gasteiger partial charge on any atom is -0.384 e. The molecule has 0 atom stereocenters. The van der Waals surface area contributed by atoms with Crippen molar-refractivity contribution in [3.8, 4) is 11.3 Å². The van der Waals surface area contributed by atoms with Gasteiger partial charge >= 0.3 is 0 Å². The van der Waals surface area contributed by atoms with Gasteiger partial charge in [0.25, 0.3) is 5.91 Å². The number of ether oxygens (including phenoxy) is 1. The molecule has 27 heavy (non-hydrogen) atoms. The Morgan fingerprint density at radius 1 is 1.15 bits per heavy atom. The van der Waals surface area contributed by atoms with Crippen LogP contribution in [0.25, 0.3) is 11.3 Å². The van der Waals surface area contributed by atoms with E-state index >= 15 is 0 Å². The summed E-state index contributed by atoms with van der Waals surface area (Å²) in [7, 11) is 0. The number of amides is 1. The number of piperazine rings is 1. The summed E-state index contributed by atoms with van der Waals surface area (Å²) in [5.74, 6) is 0.469. The van der Waals surface area contributed by atoms with Gasteiger partial charge in [0.1, 0.15) is 12.1 Å². The van der Waals surface area contributed by atoms with Crippen LogP contribution < -0.4 is 5.73 Å². The summed E-state index contributed by atoms with van der Waals surface area (Å²) in [6, 6.07) is 9.23. The molecule has 7 nitrogen and oxygen atoms in total. The van der Waals surface area contributed by atoms with Gasteiger partial charge in [-0.1, -0.05) is 19.1 Å². The first-order chi connectivity index (χ1) is 13.2. The fraction of sp³-hybridized carbons (Fsp3) is 0.450. The highest BCUT2D eigenvalue weighted by Crippen LogP contribution is 2.20. The molecule has 3 rings (SSSR count). The topological polar surface area (TPSA) is 84.6 Å². The standard InChI is InChI=1S/C20H27N5O2/c1-2-11-27-12-10-24-6-8-25(9-7-24)20(26)17-5-3-4-16(13-17)18-14-19(21)23-15-22-18/h3-5,13-15H,2,6-12H2,1H3,(H2,21,22,23). The van der Waals surface area contributed by atoms with Crippen LogP contribution in [0.1, 0.15) is 23.7 Å². The molecule has 1 fully saturated rings. The van der Waals surface area contributed by atoms with Crippen molar-refractivity contribution in [1.82, 2.24) is 19.8 Å². The molecular weight excluding hydrogens is 342 g/mol. The molecular formula is C20H27N5O2. The van der Waals surface area contributed by atoms with E-state index in [2.05, 4.69) is 21.8 Å². The summed E-state index contributed by atoms with van der Waals surface area (Å²) in [6.45, 7) is 7.83. The maximum atomic E-state index is 12.9. The summed E-state index contributed by atoms with van der Waals surface area (Å²) in [6.07, 6.45) is 2.48. The van der Waals surface area contributed by atoms with Crippen LogP contribution in [-0.4, -0.2) is 71.6 Å². The highest BCUT2D eigenvalue weighted by Gasteiger charge is 2.22. The zero-order valence-corrected chi connectivity index (χ0v) is 15.8. The predicted molar refractivity (Wildman–Crippen MR) is 105 cm³/mol. The molecule has 0 aliphatic carbocycles. The van der Waals surface area contributed by atoms with Crippen LogP contribution in [-0.2, 0) is 4.74 Å². The second-order valence-electron chi connectivity index (χ2n) is 6.66. The second-order valence-corrected chi connectivity index (χ2v) is 6.66. The molecule has 1 aromatic carbocycles. The average Bonchev–Trinajstić information content (AvgIpc) is 2.71. The molecule has 1 saturated heterocycles. The van der Waals surface area contributed by atoms with E-state index < -0.39 is 0 Å². The van der Waals surface area contributed by atoms with E-state index in [4.69, 9.17) is 10.5 Å². The number of nitrogens with two attached hydrogens (primary N) is 1. The van der Waals surface area contributed by atoms with E-state index in [1.807, 2.05) is 29.2 Å². The smallest absolute Gasteiger partial charge is 0.253 e. The Labute approximate surface area is 160 Å². The number of carbonyl (C=O) groups is 1. The lowest BCUT2D eigenvalue weighted by atomic mass is 10.1. The van der Waals surface area contributed by atoms with Gasteiger partial charge in [0, 0.05) is 56.5 Å². The normalized spacial score (nSPS) is 15.1. The minimum atomic E-state index is 0.0563. The first kappa shape index (κ1) is 19.3. The van der Waals surface area contributed by atoms with E-state index in [-0.39, 0.29) is 5.91 Å². The third-order valence-corrected chi connectivity index (χ3v) is 4.65. The zero-order valence-electron chi connectivity index (χ0n) is 15.8. The van der Waals surface area contributed by atoms with Gasteiger partial charge in [-0.15, -0.1) is 0 Å². The monoisotopic (exact) mass is 369 g/mol. The van der Waals surface area contributed by atoms with Crippen molar-refractivity contribution in [2.75, 3.05) is 51.7 Å². The molecule has 1 amide bonds. The molecule has 2 heterocycles. The largest absolute Gasteiger partial charge is 0.384 e. The molecule has 2 N–H and O–H groups in total. The first-order valence-electron chi connectivity index (χ1n) is 9.44. The lowest BCUT2D eigenvalue weighted by Gasteiger charge is -2.34. The van der Waals surface area contributed by atoms with Crippen LogP contribution in [0, 0.1) is 0 Å². The molecule has 0 spiro atoms. The summed E-state index contributed by atoms with van der Waals surface area (Å²) >= 11 is 0. The van der Waals surface area contributed by atoms with E-state index in [1.165, 1.54) is 6.33 Å². The Kier molecular flexibility index (Phi) is 6.73. The van der Waals surface area contributed by atoms with E-state index in [9.17, 15) is 4.79 Å². The number of anilines is 1. The zero-order chi connectivity index (χ0) is 19.1. The van der Waals surface area contributed by atoms with Crippen molar-refractivity contribution < 1.29 is 9.53 Å². The maximum Gasteiger partial charge on any atom is 0.253 e. The van der Waals surface area contributed by atoms with Crippen molar-refractivity contribution >= 4 is 11.7 Å². The van der Waals surface area contributed by atoms with Crippen LogP contribution in [0.3, 0.4) is 0 Å². The van der Waals surface area contributed by atoms with Crippen LogP contribution in [0.4, 0.5) is 5.82 Å². The highest BCUT2D eigenvalue weighted by atomic mass is 16.5. The highest BCUT2D eigenvalue weighted by molar-refractivity contribution is 5.95. The summed E-state index contributed by atoms with van der Waals surface area (Å²) in [5.41, 5.74) is 7.99. The summed E-state index contributed by atoms with van der Waals surface area (Å²) < 4.78 is 5.55. The number of benzene rings is 1. The molecule has 1 aliphatic heterocycles. The van der Waals surface area contributed by atoms with Gasteiger partial charge in [0.15, 0.2) is 0 Å². The van der Waals surface area contributed by atoms with Crippen LogP contribution in [0.2, 0.25) is 0 Å². The lowest BCUT2D eigenvalue weighted by molar-refractivity contribution is 0.0552. The van der Waals surface area contributed by atoms with Crippen LogP contribution >= 0.6 is 0 Å². The predicted octanol–water partition coefficient (Wildman–Crippen LogP) is 1.91. The average molecular weight is 369 g/mol. The molecule has 0 radical (unpaired) electrons. The Balaban J connectivity index is 1.58. The van der Waals surface area contributed by atoms with Crippen LogP contribution in [0.5, 0.6) is 0 Å². The first-order valence-corrected chi connectivity index (χ1v) is 9.44. The molecule has 2 aromatic rings. The van der Waals surface area contributed by atoms with Crippen molar-refractivity contribution in [3.05, 3.63) is 42.2 Å². The quantitative estimate of drug-likeness (QED) is 0.751. The fourth-order valence-electron chi connectivity index (χ4n) is 3.14. The Hall–Kier alpha value is -2.51. The number of aromatic nitrogens is 2. The van der Waals surface area contributed by atoms with Crippen LogP contribution in [0.15, 0.2) is 36.7 Å². The summed E-state index contributed by atoms with van der Waals surface area (Å²) in [5, 5.41) is 0. The number of nitrogen functional groups attached to an aromatic ring is 1. The van der Waals surface area contributed by atoms with Gasteiger partial charge in [-0.3, -0.25) is 9.69 Å². The fourth-order valence-corrected chi connectivity index (χ4v) is 3.14. The molecule has 0 unspecified atom stereocenters. The number of hydrogen-bond acceptors (Lipinski definition) is 6. The summed E-state index contributed by atoms with van der Waals surface area (Å²) in [4.78, 5) is 25.3. The molecule has 0 bridgehead atoms.